The van der Waals surface area contributed by atoms with Gasteiger partial charge in [0.05, 0.1) is 0 Å². The molecule has 0 saturated heterocycles. The predicted octanol–water partition coefficient (Wildman–Crippen LogP) is 12.4. The monoisotopic (exact) mass is 651 g/mol. The molecule has 2 aromatic heterocycles. The molecular weight excluding hydrogens is 623 g/mol. The minimum atomic E-state index is 0.594. The molecule has 0 aliphatic rings. The van der Waals surface area contributed by atoms with Crippen LogP contribution in [0.25, 0.3) is 99.9 Å². The number of benzene rings is 8. The Kier molecular flexibility index (Phi) is 6.78. The average molecular weight is 652 g/mol. The molecule has 0 radical (unpaired) electrons. The van der Waals surface area contributed by atoms with E-state index in [0.717, 1.165) is 77.0 Å². The fourth-order valence-corrected chi connectivity index (χ4v) is 7.22. The minimum Gasteiger partial charge on any atom is -0.456 e. The van der Waals surface area contributed by atoms with E-state index < -0.39 is 0 Å². The Morgan fingerprint density at radius 1 is 0.314 bits per heavy atom. The molecule has 0 atom stereocenters. The summed E-state index contributed by atoms with van der Waals surface area (Å²) in [6.45, 7) is 0. The van der Waals surface area contributed by atoms with Gasteiger partial charge in [0.1, 0.15) is 11.2 Å². The smallest absolute Gasteiger partial charge is 0.164 e. The number of furan rings is 1. The molecule has 10 aromatic rings. The molecule has 0 amide bonds. The minimum absolute atomic E-state index is 0.594. The molecular formula is C47H29N3O. The van der Waals surface area contributed by atoms with Gasteiger partial charge in [-0.1, -0.05) is 140 Å². The van der Waals surface area contributed by atoms with E-state index in [2.05, 4.69) is 152 Å². The van der Waals surface area contributed by atoms with E-state index >= 15 is 0 Å². The topological polar surface area (TPSA) is 51.8 Å². The van der Waals surface area contributed by atoms with Gasteiger partial charge in [0, 0.05) is 27.5 Å². The van der Waals surface area contributed by atoms with Gasteiger partial charge in [0.2, 0.25) is 0 Å². The van der Waals surface area contributed by atoms with Crippen LogP contribution in [0.15, 0.2) is 180 Å². The zero-order valence-corrected chi connectivity index (χ0v) is 27.5. The van der Waals surface area contributed by atoms with Crippen LogP contribution < -0.4 is 0 Å². The van der Waals surface area contributed by atoms with Gasteiger partial charge >= 0.3 is 0 Å². The summed E-state index contributed by atoms with van der Waals surface area (Å²) < 4.78 is 6.46. The summed E-state index contributed by atoms with van der Waals surface area (Å²) in [7, 11) is 0. The fourth-order valence-electron chi connectivity index (χ4n) is 7.22. The highest BCUT2D eigenvalue weighted by molar-refractivity contribution is 6.15. The van der Waals surface area contributed by atoms with Crippen LogP contribution >= 0.6 is 0 Å². The van der Waals surface area contributed by atoms with Gasteiger partial charge in [-0.15, -0.1) is 0 Å². The van der Waals surface area contributed by atoms with E-state index in [1.165, 1.54) is 5.39 Å². The van der Waals surface area contributed by atoms with Crippen molar-refractivity contribution >= 4 is 43.5 Å². The summed E-state index contributed by atoms with van der Waals surface area (Å²) in [4.78, 5) is 15.7. The summed E-state index contributed by atoms with van der Waals surface area (Å²) in [5.41, 5.74) is 8.88. The van der Waals surface area contributed by atoms with E-state index in [1.54, 1.807) is 0 Å². The fraction of sp³-hybridized carbons (Fsp3) is 0. The zero-order valence-electron chi connectivity index (χ0n) is 27.5. The molecule has 0 N–H and O–H groups in total. The third kappa shape index (κ3) is 5.13. The normalized spacial score (nSPS) is 11.5. The molecule has 4 nitrogen and oxygen atoms in total. The first kappa shape index (κ1) is 29.0. The molecule has 0 aliphatic heterocycles. The molecule has 0 bridgehead atoms. The maximum atomic E-state index is 6.46. The molecule has 0 unspecified atom stereocenters. The standard InChI is InChI=1S/C47H29N3O/c1-3-13-30(14-4-1)32-20-11-21-36(25-32)45-48-46(37-26-35-19-9-10-22-38(35)40(28-37)31-15-5-2-6-16-31)50-47(49-45)39-23-12-24-42-44(39)41-27-33-17-7-8-18-34(33)29-43(41)51-42/h1-29H. The van der Waals surface area contributed by atoms with Crippen LogP contribution in [-0.4, -0.2) is 15.0 Å². The second-order valence-electron chi connectivity index (χ2n) is 12.8. The Bertz CT molecular complexity index is 2910. The van der Waals surface area contributed by atoms with Crippen molar-refractivity contribution in [2.24, 2.45) is 0 Å². The van der Waals surface area contributed by atoms with Gasteiger partial charge in [-0.2, -0.15) is 0 Å². The Morgan fingerprint density at radius 3 is 1.73 bits per heavy atom. The Hall–Kier alpha value is -6.91. The lowest BCUT2D eigenvalue weighted by molar-refractivity contribution is 0.669. The highest BCUT2D eigenvalue weighted by Gasteiger charge is 2.19. The molecule has 4 heteroatoms. The lowest BCUT2D eigenvalue weighted by Crippen LogP contribution is -2.01. The van der Waals surface area contributed by atoms with E-state index in [4.69, 9.17) is 19.4 Å². The number of rotatable bonds is 5. The van der Waals surface area contributed by atoms with Crippen molar-refractivity contribution in [2.45, 2.75) is 0 Å². The Morgan fingerprint density at radius 2 is 0.922 bits per heavy atom. The van der Waals surface area contributed by atoms with Crippen LogP contribution in [0.5, 0.6) is 0 Å². The van der Waals surface area contributed by atoms with Crippen LogP contribution in [0.2, 0.25) is 0 Å². The summed E-state index contributed by atoms with van der Waals surface area (Å²) >= 11 is 0. The molecule has 0 spiro atoms. The average Bonchev–Trinajstić information content (AvgIpc) is 3.57. The van der Waals surface area contributed by atoms with Crippen molar-refractivity contribution < 1.29 is 4.42 Å². The predicted molar refractivity (Wildman–Crippen MR) is 209 cm³/mol. The van der Waals surface area contributed by atoms with Crippen LogP contribution in [-0.2, 0) is 0 Å². The maximum Gasteiger partial charge on any atom is 0.164 e. The largest absolute Gasteiger partial charge is 0.456 e. The second kappa shape index (κ2) is 11.9. The first-order chi connectivity index (χ1) is 25.2. The van der Waals surface area contributed by atoms with Crippen LogP contribution in [0, 0.1) is 0 Å². The van der Waals surface area contributed by atoms with E-state index in [1.807, 2.05) is 24.3 Å². The summed E-state index contributed by atoms with van der Waals surface area (Å²) in [5, 5.41) is 6.62. The van der Waals surface area contributed by atoms with Gasteiger partial charge < -0.3 is 4.42 Å². The second-order valence-corrected chi connectivity index (χ2v) is 12.8. The van der Waals surface area contributed by atoms with E-state index in [-0.39, 0.29) is 0 Å². The maximum absolute atomic E-state index is 6.46. The van der Waals surface area contributed by atoms with Crippen molar-refractivity contribution in [3.63, 3.8) is 0 Å². The number of fused-ring (bicyclic) bond motifs is 5. The molecule has 0 saturated carbocycles. The number of aromatic nitrogens is 3. The van der Waals surface area contributed by atoms with Gasteiger partial charge in [-0.05, 0) is 80.2 Å². The molecule has 0 aliphatic carbocycles. The summed E-state index contributed by atoms with van der Waals surface area (Å²) in [5.74, 6) is 1.81. The molecule has 2 heterocycles. The van der Waals surface area contributed by atoms with Crippen LogP contribution in [0.1, 0.15) is 0 Å². The number of nitrogens with zero attached hydrogens (tertiary/aromatic N) is 3. The zero-order chi connectivity index (χ0) is 33.7. The lowest BCUT2D eigenvalue weighted by Gasteiger charge is -2.13. The van der Waals surface area contributed by atoms with Gasteiger partial charge in [-0.25, -0.2) is 15.0 Å². The van der Waals surface area contributed by atoms with E-state index in [9.17, 15) is 0 Å². The van der Waals surface area contributed by atoms with Crippen LogP contribution in [0.4, 0.5) is 0 Å². The van der Waals surface area contributed by atoms with E-state index in [0.29, 0.717) is 17.5 Å². The third-order valence-electron chi connectivity index (χ3n) is 9.67. The molecule has 0 fully saturated rings. The molecule has 238 valence electrons. The van der Waals surface area contributed by atoms with Crippen molar-refractivity contribution in [2.75, 3.05) is 0 Å². The quantitative estimate of drug-likeness (QED) is 0.186. The third-order valence-corrected chi connectivity index (χ3v) is 9.67. The van der Waals surface area contributed by atoms with Crippen molar-refractivity contribution in [3.8, 4) is 56.4 Å². The van der Waals surface area contributed by atoms with Gasteiger partial charge in [-0.3, -0.25) is 0 Å². The number of hydrogen-bond donors (Lipinski definition) is 0. The highest BCUT2D eigenvalue weighted by atomic mass is 16.3. The highest BCUT2D eigenvalue weighted by Crippen LogP contribution is 2.39. The Balaban J connectivity index is 1.24. The van der Waals surface area contributed by atoms with Crippen LogP contribution in [0.3, 0.4) is 0 Å². The Labute approximate surface area is 294 Å². The molecule has 8 aromatic carbocycles. The summed E-state index contributed by atoms with van der Waals surface area (Å²) in [6.07, 6.45) is 0. The first-order valence-corrected chi connectivity index (χ1v) is 17.1. The van der Waals surface area contributed by atoms with Gasteiger partial charge in [0.15, 0.2) is 17.5 Å². The first-order valence-electron chi connectivity index (χ1n) is 17.1. The molecule has 51 heavy (non-hydrogen) atoms. The van der Waals surface area contributed by atoms with Crippen molar-refractivity contribution in [3.05, 3.63) is 176 Å². The summed E-state index contributed by atoms with van der Waals surface area (Å²) in [6, 6.07) is 61.1. The SMILES string of the molecule is c1ccc(-c2cccc(-c3nc(-c4cc(-c5ccccc5)c5ccccc5c4)nc(-c4cccc5oc6cc7ccccc7cc6c45)n3)c2)cc1. The lowest BCUT2D eigenvalue weighted by atomic mass is 9.95. The van der Waals surface area contributed by atoms with Crippen molar-refractivity contribution in [1.29, 1.82) is 0 Å². The number of hydrogen-bond acceptors (Lipinski definition) is 4. The van der Waals surface area contributed by atoms with Gasteiger partial charge in [0.25, 0.3) is 0 Å². The molecule has 10 rings (SSSR count). The van der Waals surface area contributed by atoms with Crippen molar-refractivity contribution in [1.82, 2.24) is 15.0 Å².